The molecule has 0 spiro atoms. The lowest BCUT2D eigenvalue weighted by molar-refractivity contribution is 0.262. The molecule has 1 aromatic heterocycles. The minimum Gasteiger partial charge on any atom is -0.308 e. The summed E-state index contributed by atoms with van der Waals surface area (Å²) in [5.74, 6) is -0.286. The van der Waals surface area contributed by atoms with Crippen molar-refractivity contribution in [3.63, 3.8) is 0 Å². The summed E-state index contributed by atoms with van der Waals surface area (Å²) in [6.07, 6.45) is 0. The van der Waals surface area contributed by atoms with E-state index >= 15 is 0 Å². The van der Waals surface area contributed by atoms with Crippen molar-refractivity contribution in [1.82, 2.24) is 0 Å². The second-order valence-electron chi connectivity index (χ2n) is 4.76. The molecule has 3 rings (SSSR count). The highest BCUT2D eigenvalue weighted by atomic mass is 35.5. The van der Waals surface area contributed by atoms with Gasteiger partial charge in [-0.2, -0.15) is 0 Å². The number of hydrogen-bond donors (Lipinski definition) is 2. The van der Waals surface area contributed by atoms with Gasteiger partial charge in [0.2, 0.25) is 0 Å². The molecule has 2 N–H and O–H groups in total. The van der Waals surface area contributed by atoms with Crippen LogP contribution in [0, 0.1) is 5.82 Å². The SMILES string of the molecule is O=C(Nc1ccc(Cl)cc1)Nc1ccc(-c2cccc(F)c2)s1. The summed E-state index contributed by atoms with van der Waals surface area (Å²) in [6.45, 7) is 0. The minimum atomic E-state index is -0.347. The fourth-order valence-electron chi connectivity index (χ4n) is 2.01. The number of anilines is 2. The lowest BCUT2D eigenvalue weighted by atomic mass is 10.2. The average Bonchev–Trinajstić information content (AvgIpc) is 2.98. The van der Waals surface area contributed by atoms with Crippen LogP contribution in [0.4, 0.5) is 19.9 Å². The van der Waals surface area contributed by atoms with E-state index in [4.69, 9.17) is 11.6 Å². The molecule has 0 aliphatic heterocycles. The summed E-state index contributed by atoms with van der Waals surface area (Å²) in [6, 6.07) is 16.5. The molecular formula is C17H12ClFN2OS. The van der Waals surface area contributed by atoms with Crippen LogP contribution in [-0.2, 0) is 0 Å². The molecule has 3 aromatic rings. The van der Waals surface area contributed by atoms with E-state index < -0.39 is 0 Å². The van der Waals surface area contributed by atoms with Gasteiger partial charge in [0.1, 0.15) is 5.82 Å². The van der Waals surface area contributed by atoms with E-state index in [1.807, 2.05) is 12.1 Å². The minimum absolute atomic E-state index is 0.286. The lowest BCUT2D eigenvalue weighted by Gasteiger charge is -2.05. The number of rotatable bonds is 3. The number of amides is 2. The summed E-state index contributed by atoms with van der Waals surface area (Å²) in [5, 5.41) is 6.75. The van der Waals surface area contributed by atoms with Gasteiger partial charge in [-0.05, 0) is 54.1 Å². The molecule has 23 heavy (non-hydrogen) atoms. The maximum absolute atomic E-state index is 13.3. The Bertz CT molecular complexity index is 833. The van der Waals surface area contributed by atoms with Crippen LogP contribution in [0.15, 0.2) is 60.7 Å². The van der Waals surface area contributed by atoms with Gasteiger partial charge in [0.15, 0.2) is 0 Å². The number of thiophene rings is 1. The molecule has 1 heterocycles. The topological polar surface area (TPSA) is 41.1 Å². The first-order valence-corrected chi connectivity index (χ1v) is 7.99. The molecule has 0 aliphatic rings. The third-order valence-corrected chi connectivity index (χ3v) is 4.36. The van der Waals surface area contributed by atoms with Crippen LogP contribution in [0.5, 0.6) is 0 Å². The quantitative estimate of drug-likeness (QED) is 0.613. The Hall–Kier alpha value is -2.37. The molecule has 0 saturated heterocycles. The summed E-state index contributed by atoms with van der Waals surface area (Å²) in [5.41, 5.74) is 1.43. The second-order valence-corrected chi connectivity index (χ2v) is 6.28. The van der Waals surface area contributed by atoms with Gasteiger partial charge in [-0.25, -0.2) is 9.18 Å². The monoisotopic (exact) mass is 346 g/mol. The van der Waals surface area contributed by atoms with Gasteiger partial charge < -0.3 is 5.32 Å². The van der Waals surface area contributed by atoms with E-state index in [1.165, 1.54) is 23.5 Å². The van der Waals surface area contributed by atoms with Crippen molar-refractivity contribution in [2.45, 2.75) is 0 Å². The Morgan fingerprint density at radius 3 is 2.52 bits per heavy atom. The molecule has 0 unspecified atom stereocenters. The number of nitrogens with one attached hydrogen (secondary N) is 2. The van der Waals surface area contributed by atoms with Gasteiger partial charge in [0, 0.05) is 15.6 Å². The molecule has 0 fully saturated rings. The van der Waals surface area contributed by atoms with Gasteiger partial charge in [-0.15, -0.1) is 11.3 Å². The summed E-state index contributed by atoms with van der Waals surface area (Å²) in [7, 11) is 0. The number of halogens is 2. The number of hydrogen-bond acceptors (Lipinski definition) is 2. The third-order valence-electron chi connectivity index (χ3n) is 3.05. The van der Waals surface area contributed by atoms with Crippen LogP contribution in [0.2, 0.25) is 5.02 Å². The van der Waals surface area contributed by atoms with Crippen LogP contribution < -0.4 is 10.6 Å². The predicted molar refractivity (Wildman–Crippen MR) is 93.8 cm³/mol. The van der Waals surface area contributed by atoms with Crippen LogP contribution in [-0.4, -0.2) is 6.03 Å². The molecule has 0 radical (unpaired) electrons. The first-order chi connectivity index (χ1) is 11.1. The standard InChI is InChI=1S/C17H12ClFN2OS/c18-12-4-6-14(7-5-12)20-17(22)21-16-9-8-15(23-16)11-2-1-3-13(19)10-11/h1-10H,(H2,20,21,22). The van der Waals surface area contributed by atoms with E-state index in [1.54, 1.807) is 36.4 Å². The molecule has 0 bridgehead atoms. The van der Waals surface area contributed by atoms with Gasteiger partial charge in [-0.3, -0.25) is 5.32 Å². The normalized spacial score (nSPS) is 10.3. The fourth-order valence-corrected chi connectivity index (χ4v) is 3.03. The van der Waals surface area contributed by atoms with Crippen molar-refractivity contribution in [3.8, 4) is 10.4 Å². The van der Waals surface area contributed by atoms with Gasteiger partial charge in [0.25, 0.3) is 0 Å². The zero-order valence-corrected chi connectivity index (χ0v) is 13.4. The predicted octanol–water partition coefficient (Wildman–Crippen LogP) is 5.85. The van der Waals surface area contributed by atoms with Crippen molar-refractivity contribution in [1.29, 1.82) is 0 Å². The first-order valence-electron chi connectivity index (χ1n) is 6.79. The summed E-state index contributed by atoms with van der Waals surface area (Å²) >= 11 is 7.17. The molecule has 6 heteroatoms. The molecular weight excluding hydrogens is 335 g/mol. The van der Waals surface area contributed by atoms with E-state index in [0.29, 0.717) is 15.7 Å². The molecule has 2 amide bonds. The Kier molecular flexibility index (Phi) is 4.60. The lowest BCUT2D eigenvalue weighted by Crippen LogP contribution is -2.18. The van der Waals surface area contributed by atoms with Crippen molar-refractivity contribution in [2.75, 3.05) is 10.6 Å². The summed E-state index contributed by atoms with van der Waals surface area (Å²) in [4.78, 5) is 12.8. The van der Waals surface area contributed by atoms with Gasteiger partial charge >= 0.3 is 6.03 Å². The van der Waals surface area contributed by atoms with Crippen LogP contribution >= 0.6 is 22.9 Å². The van der Waals surface area contributed by atoms with Gasteiger partial charge in [0.05, 0.1) is 5.00 Å². The number of urea groups is 1. The highest BCUT2D eigenvalue weighted by molar-refractivity contribution is 7.19. The van der Waals surface area contributed by atoms with Crippen molar-refractivity contribution < 1.29 is 9.18 Å². The van der Waals surface area contributed by atoms with Crippen molar-refractivity contribution >= 4 is 39.7 Å². The highest BCUT2D eigenvalue weighted by Crippen LogP contribution is 2.31. The molecule has 3 nitrogen and oxygen atoms in total. The largest absolute Gasteiger partial charge is 0.324 e. The second kappa shape index (κ2) is 6.81. The fraction of sp³-hybridized carbons (Fsp3) is 0. The smallest absolute Gasteiger partial charge is 0.308 e. The molecule has 0 saturated carbocycles. The molecule has 116 valence electrons. The first kappa shape index (κ1) is 15.5. The third kappa shape index (κ3) is 4.09. The Morgan fingerprint density at radius 1 is 1.00 bits per heavy atom. The van der Waals surface area contributed by atoms with E-state index in [0.717, 1.165) is 10.4 Å². The van der Waals surface area contributed by atoms with E-state index in [2.05, 4.69) is 10.6 Å². The summed E-state index contributed by atoms with van der Waals surface area (Å²) < 4.78 is 13.3. The molecule has 0 atom stereocenters. The number of benzene rings is 2. The highest BCUT2D eigenvalue weighted by Gasteiger charge is 2.07. The zero-order valence-electron chi connectivity index (χ0n) is 11.8. The van der Waals surface area contributed by atoms with E-state index in [9.17, 15) is 9.18 Å². The maximum atomic E-state index is 13.3. The Morgan fingerprint density at radius 2 is 1.78 bits per heavy atom. The maximum Gasteiger partial charge on any atom is 0.324 e. The average molecular weight is 347 g/mol. The molecule has 0 aliphatic carbocycles. The van der Waals surface area contributed by atoms with E-state index in [-0.39, 0.29) is 11.8 Å². The number of carbonyl (C=O) groups is 1. The number of carbonyl (C=O) groups excluding carboxylic acids is 1. The van der Waals surface area contributed by atoms with Gasteiger partial charge in [-0.1, -0.05) is 23.7 Å². The Labute approximate surface area is 141 Å². The zero-order chi connectivity index (χ0) is 16.2. The Balaban J connectivity index is 1.66. The van der Waals surface area contributed by atoms with Crippen molar-refractivity contribution in [2.24, 2.45) is 0 Å². The van der Waals surface area contributed by atoms with Crippen LogP contribution in [0.25, 0.3) is 10.4 Å². The van der Waals surface area contributed by atoms with Crippen LogP contribution in [0.1, 0.15) is 0 Å². The van der Waals surface area contributed by atoms with Crippen molar-refractivity contribution in [3.05, 3.63) is 71.5 Å². The van der Waals surface area contributed by atoms with Crippen LogP contribution in [0.3, 0.4) is 0 Å². The molecule has 2 aromatic carbocycles.